The molecule has 0 spiro atoms. The summed E-state index contributed by atoms with van der Waals surface area (Å²) in [5, 5.41) is 6.39. The molecule has 2 N–H and O–H groups in total. The molecule has 3 aliphatic rings. The van der Waals surface area contributed by atoms with Crippen LogP contribution in [0.4, 0.5) is 0 Å². The van der Waals surface area contributed by atoms with Crippen molar-refractivity contribution < 1.29 is 9.53 Å². The van der Waals surface area contributed by atoms with Gasteiger partial charge in [-0.25, -0.2) is 0 Å². The zero-order chi connectivity index (χ0) is 12.4. The van der Waals surface area contributed by atoms with Gasteiger partial charge in [0.05, 0.1) is 13.2 Å². The van der Waals surface area contributed by atoms with Gasteiger partial charge in [-0.3, -0.25) is 9.69 Å². The number of rotatable bonds is 5. The summed E-state index contributed by atoms with van der Waals surface area (Å²) in [7, 11) is 0. The number of ether oxygens (including phenoxy) is 1. The van der Waals surface area contributed by atoms with Gasteiger partial charge in [-0.15, -0.1) is 0 Å². The van der Waals surface area contributed by atoms with E-state index in [1.807, 2.05) is 0 Å². The molecule has 0 radical (unpaired) electrons. The predicted octanol–water partition coefficient (Wildman–Crippen LogP) is -0.425. The summed E-state index contributed by atoms with van der Waals surface area (Å²) in [6, 6.07) is 0.379. The van der Waals surface area contributed by atoms with Gasteiger partial charge in [-0.2, -0.15) is 0 Å². The summed E-state index contributed by atoms with van der Waals surface area (Å²) in [6.07, 6.45) is 3.49. The van der Waals surface area contributed by atoms with E-state index in [4.69, 9.17) is 4.74 Å². The lowest BCUT2D eigenvalue weighted by Crippen LogP contribution is -2.55. The van der Waals surface area contributed by atoms with Crippen LogP contribution in [0, 0.1) is 5.92 Å². The molecule has 1 atom stereocenters. The second-order valence-corrected chi connectivity index (χ2v) is 5.72. The summed E-state index contributed by atoms with van der Waals surface area (Å²) in [4.78, 5) is 14.4. The van der Waals surface area contributed by atoms with Crippen LogP contribution in [0.2, 0.25) is 0 Å². The Hall–Kier alpha value is -0.650. The lowest BCUT2D eigenvalue weighted by Gasteiger charge is -2.36. The van der Waals surface area contributed by atoms with Crippen LogP contribution in [0.25, 0.3) is 0 Å². The van der Waals surface area contributed by atoms with E-state index in [2.05, 4.69) is 15.5 Å². The lowest BCUT2D eigenvalue weighted by atomic mass is 9.98. The maximum atomic E-state index is 12.1. The predicted molar refractivity (Wildman–Crippen MR) is 68.3 cm³/mol. The standard InChI is InChI=1S/C13H23N3O2/c17-13(15-11-1-2-11)12-9-18-6-5-16(12)4-3-10-7-14-8-10/h10-12,14H,1-9H2,(H,15,17). The Morgan fingerprint density at radius 2 is 2.22 bits per heavy atom. The van der Waals surface area contributed by atoms with Crippen LogP contribution in [0.15, 0.2) is 0 Å². The molecule has 3 rings (SSSR count). The van der Waals surface area contributed by atoms with E-state index < -0.39 is 0 Å². The van der Waals surface area contributed by atoms with Gasteiger partial charge in [-0.1, -0.05) is 0 Å². The van der Waals surface area contributed by atoms with Crippen LogP contribution in [-0.4, -0.2) is 62.3 Å². The maximum absolute atomic E-state index is 12.1. The van der Waals surface area contributed by atoms with Crippen molar-refractivity contribution in [3.05, 3.63) is 0 Å². The highest BCUT2D eigenvalue weighted by atomic mass is 16.5. The minimum Gasteiger partial charge on any atom is -0.378 e. The molecule has 2 heterocycles. The molecular formula is C13H23N3O2. The third-order valence-electron chi connectivity index (χ3n) is 4.16. The van der Waals surface area contributed by atoms with E-state index in [9.17, 15) is 4.79 Å². The Morgan fingerprint density at radius 3 is 2.89 bits per heavy atom. The van der Waals surface area contributed by atoms with Crippen molar-refractivity contribution in [1.29, 1.82) is 0 Å². The molecule has 0 bridgehead atoms. The van der Waals surface area contributed by atoms with E-state index in [1.54, 1.807) is 0 Å². The van der Waals surface area contributed by atoms with Crippen molar-refractivity contribution in [2.24, 2.45) is 5.92 Å². The van der Waals surface area contributed by atoms with Gasteiger partial charge < -0.3 is 15.4 Å². The highest BCUT2D eigenvalue weighted by Crippen LogP contribution is 2.20. The maximum Gasteiger partial charge on any atom is 0.239 e. The minimum atomic E-state index is -0.0626. The highest BCUT2D eigenvalue weighted by Gasteiger charge is 2.33. The molecule has 0 aromatic carbocycles. The van der Waals surface area contributed by atoms with Gasteiger partial charge in [0, 0.05) is 12.6 Å². The molecule has 2 aliphatic heterocycles. The number of amides is 1. The van der Waals surface area contributed by atoms with E-state index in [-0.39, 0.29) is 11.9 Å². The number of hydrogen-bond donors (Lipinski definition) is 2. The quantitative estimate of drug-likeness (QED) is 0.698. The molecule has 5 heteroatoms. The van der Waals surface area contributed by atoms with Crippen molar-refractivity contribution in [2.45, 2.75) is 31.3 Å². The van der Waals surface area contributed by atoms with Gasteiger partial charge in [0.15, 0.2) is 0 Å². The molecule has 2 saturated heterocycles. The topological polar surface area (TPSA) is 53.6 Å². The van der Waals surface area contributed by atoms with E-state index in [0.717, 1.165) is 51.5 Å². The average Bonchev–Trinajstić information content (AvgIpc) is 3.11. The van der Waals surface area contributed by atoms with Gasteiger partial charge >= 0.3 is 0 Å². The monoisotopic (exact) mass is 253 g/mol. The molecule has 0 aromatic rings. The van der Waals surface area contributed by atoms with Crippen LogP contribution >= 0.6 is 0 Å². The van der Waals surface area contributed by atoms with Crippen LogP contribution < -0.4 is 10.6 Å². The first-order chi connectivity index (χ1) is 8.83. The summed E-state index contributed by atoms with van der Waals surface area (Å²) in [5.41, 5.74) is 0. The Bertz CT molecular complexity index is 303. The van der Waals surface area contributed by atoms with Crippen LogP contribution in [0.1, 0.15) is 19.3 Å². The van der Waals surface area contributed by atoms with E-state index >= 15 is 0 Å². The molecule has 1 aliphatic carbocycles. The fourth-order valence-corrected chi connectivity index (χ4v) is 2.57. The zero-order valence-electron chi connectivity index (χ0n) is 10.9. The van der Waals surface area contributed by atoms with Gasteiger partial charge in [-0.05, 0) is 44.8 Å². The first-order valence-electron chi connectivity index (χ1n) is 7.16. The fraction of sp³-hybridized carbons (Fsp3) is 0.923. The molecular weight excluding hydrogens is 230 g/mol. The minimum absolute atomic E-state index is 0.0626. The molecule has 1 amide bonds. The van der Waals surface area contributed by atoms with Crippen LogP contribution in [0.3, 0.4) is 0 Å². The largest absolute Gasteiger partial charge is 0.378 e. The molecule has 0 aromatic heterocycles. The number of nitrogens with zero attached hydrogens (tertiary/aromatic N) is 1. The summed E-state index contributed by atoms with van der Waals surface area (Å²) in [5.74, 6) is 0.976. The van der Waals surface area contributed by atoms with Gasteiger partial charge in [0.25, 0.3) is 0 Å². The number of hydrogen-bond acceptors (Lipinski definition) is 4. The van der Waals surface area contributed by atoms with E-state index in [0.29, 0.717) is 12.6 Å². The molecule has 1 saturated carbocycles. The van der Waals surface area contributed by atoms with Gasteiger partial charge in [0.2, 0.25) is 5.91 Å². The smallest absolute Gasteiger partial charge is 0.239 e. The zero-order valence-corrected chi connectivity index (χ0v) is 10.9. The second kappa shape index (κ2) is 5.55. The first-order valence-corrected chi connectivity index (χ1v) is 7.16. The Balaban J connectivity index is 1.49. The van der Waals surface area contributed by atoms with Crippen molar-refractivity contribution in [1.82, 2.24) is 15.5 Å². The average molecular weight is 253 g/mol. The summed E-state index contributed by atoms with van der Waals surface area (Å²) >= 11 is 0. The van der Waals surface area contributed by atoms with E-state index in [1.165, 1.54) is 6.42 Å². The first kappa shape index (κ1) is 12.4. The van der Waals surface area contributed by atoms with Crippen LogP contribution in [-0.2, 0) is 9.53 Å². The third-order valence-corrected chi connectivity index (χ3v) is 4.16. The second-order valence-electron chi connectivity index (χ2n) is 5.72. The molecule has 1 unspecified atom stereocenters. The number of morpholine rings is 1. The van der Waals surface area contributed by atoms with Gasteiger partial charge in [0.1, 0.15) is 6.04 Å². The summed E-state index contributed by atoms with van der Waals surface area (Å²) < 4.78 is 5.47. The Morgan fingerprint density at radius 1 is 1.39 bits per heavy atom. The summed E-state index contributed by atoms with van der Waals surface area (Å²) in [6.45, 7) is 5.52. The molecule has 3 fully saturated rings. The SMILES string of the molecule is O=C(NC1CC1)C1COCCN1CCC1CNC1. The van der Waals surface area contributed by atoms with Crippen molar-refractivity contribution in [3.8, 4) is 0 Å². The Kier molecular flexibility index (Phi) is 3.82. The third kappa shape index (κ3) is 3.02. The normalized spacial score (nSPS) is 29.9. The molecule has 102 valence electrons. The Labute approximate surface area is 108 Å². The van der Waals surface area contributed by atoms with Crippen molar-refractivity contribution in [3.63, 3.8) is 0 Å². The van der Waals surface area contributed by atoms with Crippen molar-refractivity contribution >= 4 is 5.91 Å². The number of carbonyl (C=O) groups excluding carboxylic acids is 1. The molecule has 5 nitrogen and oxygen atoms in total. The molecule has 18 heavy (non-hydrogen) atoms. The fourth-order valence-electron chi connectivity index (χ4n) is 2.57. The van der Waals surface area contributed by atoms with Crippen LogP contribution in [0.5, 0.6) is 0 Å². The lowest BCUT2D eigenvalue weighted by molar-refractivity contribution is -0.132. The highest BCUT2D eigenvalue weighted by molar-refractivity contribution is 5.82. The number of nitrogens with one attached hydrogen (secondary N) is 2. The number of carbonyl (C=O) groups is 1. The van der Waals surface area contributed by atoms with Crippen molar-refractivity contribution in [2.75, 3.05) is 39.4 Å².